The van der Waals surface area contributed by atoms with E-state index in [0.29, 0.717) is 11.8 Å². The summed E-state index contributed by atoms with van der Waals surface area (Å²) in [7, 11) is 0. The van der Waals surface area contributed by atoms with Crippen molar-refractivity contribution in [3.63, 3.8) is 0 Å². The van der Waals surface area contributed by atoms with Gasteiger partial charge in [0.15, 0.2) is 0 Å². The van der Waals surface area contributed by atoms with Gasteiger partial charge in [-0.3, -0.25) is 0 Å². The maximum atomic E-state index is 6.21. The van der Waals surface area contributed by atoms with Crippen LogP contribution in [0.5, 0.6) is 0 Å². The van der Waals surface area contributed by atoms with Crippen molar-refractivity contribution in [3.8, 4) is 0 Å². The van der Waals surface area contributed by atoms with Gasteiger partial charge in [0.25, 0.3) is 0 Å². The summed E-state index contributed by atoms with van der Waals surface area (Å²) in [6.07, 6.45) is 9.26. The van der Waals surface area contributed by atoms with Gasteiger partial charge in [-0.25, -0.2) is 0 Å². The Morgan fingerprint density at radius 3 is 1.43 bits per heavy atom. The van der Waals surface area contributed by atoms with Crippen LogP contribution in [0.15, 0.2) is 0 Å². The second kappa shape index (κ2) is 13.2. The van der Waals surface area contributed by atoms with Gasteiger partial charge in [-0.1, -0.05) is 79.5 Å². The highest BCUT2D eigenvalue weighted by Gasteiger charge is 2.25. The Morgan fingerprint density at radius 2 is 1.17 bits per heavy atom. The van der Waals surface area contributed by atoms with Crippen molar-refractivity contribution in [2.75, 3.05) is 0 Å². The van der Waals surface area contributed by atoms with Crippen LogP contribution in [-0.2, 0) is 20.9 Å². The maximum absolute atomic E-state index is 6.21. The molecule has 0 aliphatic carbocycles. The fraction of sp³-hybridized carbons (Fsp3) is 1.00. The van der Waals surface area contributed by atoms with E-state index < -0.39 is 5.69 Å². The molecule has 0 saturated heterocycles. The minimum atomic E-state index is -2.47. The van der Waals surface area contributed by atoms with Gasteiger partial charge in [-0.15, -0.1) is 0 Å². The molecule has 2 unspecified atom stereocenters. The third-order valence-corrected chi connectivity index (χ3v) is 6.00. The average Bonchev–Trinajstić information content (AvgIpc) is 2.40. The smallest absolute Gasteiger partial charge is 0.244 e. The number of rotatable bonds is 14. The van der Waals surface area contributed by atoms with Crippen LogP contribution in [0.2, 0.25) is 0 Å². The molecule has 0 spiro atoms. The highest BCUT2D eigenvalue weighted by Crippen LogP contribution is 2.57. The highest BCUT2D eigenvalue weighted by atomic mass is 32.9. The van der Waals surface area contributed by atoms with Crippen molar-refractivity contribution in [2.24, 2.45) is 11.8 Å². The second-order valence-corrected chi connectivity index (χ2v) is 12.7. The molecule has 2 nitrogen and oxygen atoms in total. The summed E-state index contributed by atoms with van der Waals surface area (Å²) in [5, 5.41) is 0. The molecule has 0 bridgehead atoms. The van der Waals surface area contributed by atoms with E-state index in [0.717, 1.165) is 25.7 Å². The van der Waals surface area contributed by atoms with Gasteiger partial charge in [-0.05, 0) is 49.3 Å². The first kappa shape index (κ1) is 23.9. The molecule has 140 valence electrons. The Hall–Kier alpha value is 0.920. The zero-order valence-corrected chi connectivity index (χ0v) is 18.7. The lowest BCUT2D eigenvalue weighted by atomic mass is 10.0. The SMILES string of the molecule is CCCCC(CC(C)C)OP(=S)(S)OC(CCCC)CC(C)C. The molecule has 0 aromatic carbocycles. The molecule has 0 radical (unpaired) electrons. The number of unbranched alkanes of at least 4 members (excludes halogenated alkanes) is 2. The summed E-state index contributed by atoms with van der Waals surface area (Å²) >= 11 is 10.3. The lowest BCUT2D eigenvalue weighted by Crippen LogP contribution is -2.18. The monoisotopic (exact) mass is 382 g/mol. The van der Waals surface area contributed by atoms with Crippen molar-refractivity contribution in [1.29, 1.82) is 0 Å². The standard InChI is InChI=1S/C18H39O2PS2/c1-7-9-11-17(13-15(3)4)19-21(22,23)20-18(12-10-8-2)14-16(5)6/h15-18H,7-14H2,1-6H3,(H,22,23). The largest absolute Gasteiger partial charge is 0.318 e. The topological polar surface area (TPSA) is 18.5 Å². The van der Waals surface area contributed by atoms with Crippen molar-refractivity contribution >= 4 is 29.7 Å². The van der Waals surface area contributed by atoms with Crippen LogP contribution in [0.25, 0.3) is 0 Å². The molecule has 0 aliphatic heterocycles. The van der Waals surface area contributed by atoms with Gasteiger partial charge in [0.1, 0.15) is 0 Å². The first-order valence-electron chi connectivity index (χ1n) is 9.39. The van der Waals surface area contributed by atoms with Crippen molar-refractivity contribution in [1.82, 2.24) is 0 Å². The zero-order chi connectivity index (χ0) is 17.9. The molecular weight excluding hydrogens is 343 g/mol. The molecule has 0 aromatic rings. The summed E-state index contributed by atoms with van der Waals surface area (Å²) < 4.78 is 12.4. The minimum Gasteiger partial charge on any atom is -0.318 e. The molecule has 2 atom stereocenters. The summed E-state index contributed by atoms with van der Waals surface area (Å²) in [6.45, 7) is 13.3. The molecule has 0 heterocycles. The first-order chi connectivity index (χ1) is 10.7. The predicted octanol–water partition coefficient (Wildman–Crippen LogP) is 7.38. The van der Waals surface area contributed by atoms with Gasteiger partial charge in [0.05, 0.1) is 12.2 Å². The molecule has 0 N–H and O–H groups in total. The molecule has 0 saturated carbocycles. The second-order valence-electron chi connectivity index (χ2n) is 7.47. The van der Waals surface area contributed by atoms with Gasteiger partial charge in [0.2, 0.25) is 5.69 Å². The summed E-state index contributed by atoms with van der Waals surface area (Å²) in [4.78, 5) is 0. The minimum absolute atomic E-state index is 0.184. The van der Waals surface area contributed by atoms with E-state index in [1.54, 1.807) is 0 Å². The fourth-order valence-electron chi connectivity index (χ4n) is 2.74. The molecule has 0 amide bonds. The third-order valence-electron chi connectivity index (χ3n) is 3.79. The van der Waals surface area contributed by atoms with Crippen LogP contribution >= 0.6 is 17.9 Å². The van der Waals surface area contributed by atoms with Crippen LogP contribution in [0.1, 0.15) is 92.9 Å². The lowest BCUT2D eigenvalue weighted by molar-refractivity contribution is 0.115. The molecule has 0 rings (SSSR count). The van der Waals surface area contributed by atoms with Gasteiger partial charge in [-0.2, -0.15) is 0 Å². The van der Waals surface area contributed by atoms with E-state index in [1.165, 1.54) is 25.7 Å². The first-order valence-corrected chi connectivity index (χ1v) is 13.2. The van der Waals surface area contributed by atoms with E-state index in [9.17, 15) is 0 Å². The quantitative estimate of drug-likeness (QED) is 0.250. The molecule has 0 aromatic heterocycles. The number of hydrogen-bond donors (Lipinski definition) is 1. The Labute approximate surface area is 155 Å². The Bertz CT molecular complexity index is 307. The average molecular weight is 383 g/mol. The van der Waals surface area contributed by atoms with Crippen LogP contribution in [0.4, 0.5) is 0 Å². The van der Waals surface area contributed by atoms with E-state index >= 15 is 0 Å². The van der Waals surface area contributed by atoms with E-state index in [2.05, 4.69) is 53.8 Å². The lowest BCUT2D eigenvalue weighted by Gasteiger charge is -2.29. The van der Waals surface area contributed by atoms with Crippen molar-refractivity contribution in [3.05, 3.63) is 0 Å². The van der Waals surface area contributed by atoms with Crippen molar-refractivity contribution < 1.29 is 9.05 Å². The number of hydrogen-bond acceptors (Lipinski definition) is 3. The molecule has 0 aliphatic rings. The highest BCUT2D eigenvalue weighted by molar-refractivity contribution is 8.60. The third kappa shape index (κ3) is 13.8. The Balaban J connectivity index is 4.70. The molecule has 5 heteroatoms. The van der Waals surface area contributed by atoms with Crippen molar-refractivity contribution in [2.45, 2.75) is 105 Å². The number of thiol groups is 1. The summed E-state index contributed by atoms with van der Waals surface area (Å²) in [5.74, 6) is 1.21. The van der Waals surface area contributed by atoms with Crippen LogP contribution < -0.4 is 0 Å². The Kier molecular flexibility index (Phi) is 13.7. The zero-order valence-electron chi connectivity index (χ0n) is 16.1. The van der Waals surface area contributed by atoms with Crippen LogP contribution in [-0.4, -0.2) is 12.2 Å². The van der Waals surface area contributed by atoms with Crippen LogP contribution in [0.3, 0.4) is 0 Å². The Morgan fingerprint density at radius 1 is 0.826 bits per heavy atom. The van der Waals surface area contributed by atoms with Gasteiger partial charge >= 0.3 is 0 Å². The van der Waals surface area contributed by atoms with Gasteiger partial charge < -0.3 is 9.05 Å². The van der Waals surface area contributed by atoms with Crippen LogP contribution in [0, 0.1) is 11.8 Å². The molecular formula is C18H39O2PS2. The summed E-state index contributed by atoms with van der Waals surface area (Å²) in [5.41, 5.74) is -2.47. The van der Waals surface area contributed by atoms with E-state index in [-0.39, 0.29) is 12.2 Å². The molecule has 0 fully saturated rings. The summed E-state index contributed by atoms with van der Waals surface area (Å²) in [6, 6.07) is 0. The van der Waals surface area contributed by atoms with E-state index in [1.807, 2.05) is 0 Å². The van der Waals surface area contributed by atoms with E-state index in [4.69, 9.17) is 20.9 Å². The van der Waals surface area contributed by atoms with Gasteiger partial charge in [0, 0.05) is 0 Å². The normalized spacial score (nSPS) is 17.4. The fourth-order valence-corrected chi connectivity index (χ4v) is 5.46. The molecule has 23 heavy (non-hydrogen) atoms. The predicted molar refractivity (Wildman–Crippen MR) is 111 cm³/mol. The maximum Gasteiger partial charge on any atom is 0.244 e.